The molecule has 28 heavy (non-hydrogen) atoms. The van der Waals surface area contributed by atoms with Gasteiger partial charge < -0.3 is 21.1 Å². The standard InChI is InChI=1S/C20H29N7O/c1-13(2)17-12-23-27-18(17)25-19(22-10-6-9-21)26-20(27)24-14(3)15-7-5-8-16(11-15)28-4/h5,7-8,11-14H,6,9-10,21H2,1-4H3,(H2,22,24,25,26)/t14-/m0/s1. The summed E-state index contributed by atoms with van der Waals surface area (Å²) < 4.78 is 7.10. The third-order valence-corrected chi connectivity index (χ3v) is 4.62. The summed E-state index contributed by atoms with van der Waals surface area (Å²) in [6.45, 7) is 7.69. The zero-order valence-electron chi connectivity index (χ0n) is 16.9. The molecule has 0 aliphatic carbocycles. The molecular weight excluding hydrogens is 354 g/mol. The molecule has 0 saturated heterocycles. The van der Waals surface area contributed by atoms with E-state index in [1.165, 1.54) is 0 Å². The summed E-state index contributed by atoms with van der Waals surface area (Å²) in [5.41, 5.74) is 8.58. The summed E-state index contributed by atoms with van der Waals surface area (Å²) >= 11 is 0. The summed E-state index contributed by atoms with van der Waals surface area (Å²) in [6.07, 6.45) is 2.72. The van der Waals surface area contributed by atoms with E-state index in [2.05, 4.69) is 52.5 Å². The molecule has 4 N–H and O–H groups in total. The van der Waals surface area contributed by atoms with Crippen LogP contribution in [-0.2, 0) is 0 Å². The number of fused-ring (bicyclic) bond motifs is 1. The number of benzene rings is 1. The van der Waals surface area contributed by atoms with Crippen molar-refractivity contribution in [3.8, 4) is 5.75 Å². The van der Waals surface area contributed by atoms with Crippen LogP contribution in [0.1, 0.15) is 50.3 Å². The highest BCUT2D eigenvalue weighted by atomic mass is 16.5. The average molecular weight is 384 g/mol. The minimum atomic E-state index is 0.0109. The SMILES string of the molecule is COc1cccc([C@H](C)Nc2nc(NCCCN)nc3c(C(C)C)cnn23)c1. The van der Waals surface area contributed by atoms with Crippen LogP contribution in [0.5, 0.6) is 5.75 Å². The Labute approximate surface area is 165 Å². The third kappa shape index (κ3) is 4.33. The lowest BCUT2D eigenvalue weighted by Gasteiger charge is -2.17. The fourth-order valence-corrected chi connectivity index (χ4v) is 2.96. The monoisotopic (exact) mass is 383 g/mol. The number of hydrogen-bond acceptors (Lipinski definition) is 7. The van der Waals surface area contributed by atoms with E-state index in [1.54, 1.807) is 11.6 Å². The topological polar surface area (TPSA) is 102 Å². The second-order valence-corrected chi connectivity index (χ2v) is 7.07. The predicted molar refractivity (Wildman–Crippen MR) is 112 cm³/mol. The second-order valence-electron chi connectivity index (χ2n) is 7.07. The largest absolute Gasteiger partial charge is 0.497 e. The Bertz CT molecular complexity index is 922. The van der Waals surface area contributed by atoms with Crippen LogP contribution < -0.4 is 21.1 Å². The lowest BCUT2D eigenvalue weighted by molar-refractivity contribution is 0.414. The quantitative estimate of drug-likeness (QED) is 0.488. The predicted octanol–water partition coefficient (Wildman–Crippen LogP) is 3.19. The van der Waals surface area contributed by atoms with Gasteiger partial charge in [-0.2, -0.15) is 19.6 Å². The van der Waals surface area contributed by atoms with Crippen LogP contribution in [-0.4, -0.2) is 39.8 Å². The molecule has 1 aromatic carbocycles. The maximum absolute atomic E-state index is 5.60. The van der Waals surface area contributed by atoms with Crippen molar-refractivity contribution in [2.24, 2.45) is 5.73 Å². The minimum absolute atomic E-state index is 0.0109. The molecule has 0 radical (unpaired) electrons. The molecule has 3 rings (SSSR count). The van der Waals surface area contributed by atoms with Crippen molar-refractivity contribution < 1.29 is 4.74 Å². The highest BCUT2D eigenvalue weighted by molar-refractivity contribution is 5.56. The number of methoxy groups -OCH3 is 1. The number of nitrogens with one attached hydrogen (secondary N) is 2. The molecule has 1 atom stereocenters. The fourth-order valence-electron chi connectivity index (χ4n) is 2.96. The van der Waals surface area contributed by atoms with E-state index in [4.69, 9.17) is 10.5 Å². The summed E-state index contributed by atoms with van der Waals surface area (Å²) in [4.78, 5) is 9.32. The van der Waals surface area contributed by atoms with Crippen LogP contribution in [0.3, 0.4) is 0 Å². The zero-order valence-corrected chi connectivity index (χ0v) is 16.9. The van der Waals surface area contributed by atoms with Crippen molar-refractivity contribution in [1.82, 2.24) is 19.6 Å². The van der Waals surface area contributed by atoms with Gasteiger partial charge in [0, 0.05) is 12.1 Å². The molecule has 0 bridgehead atoms. The van der Waals surface area contributed by atoms with Gasteiger partial charge in [-0.3, -0.25) is 0 Å². The third-order valence-electron chi connectivity index (χ3n) is 4.62. The molecule has 0 aliphatic rings. The molecule has 0 saturated carbocycles. The number of aromatic nitrogens is 4. The van der Waals surface area contributed by atoms with Crippen LogP contribution in [0.25, 0.3) is 5.65 Å². The Morgan fingerprint density at radius 2 is 2.04 bits per heavy atom. The van der Waals surface area contributed by atoms with E-state index in [0.717, 1.165) is 35.5 Å². The van der Waals surface area contributed by atoms with Gasteiger partial charge in [0.2, 0.25) is 11.9 Å². The minimum Gasteiger partial charge on any atom is -0.497 e. The van der Waals surface area contributed by atoms with E-state index >= 15 is 0 Å². The molecule has 0 aliphatic heterocycles. The number of nitrogens with zero attached hydrogens (tertiary/aromatic N) is 4. The smallest absolute Gasteiger partial charge is 0.229 e. The van der Waals surface area contributed by atoms with Crippen LogP contribution in [0, 0.1) is 0 Å². The summed E-state index contributed by atoms with van der Waals surface area (Å²) in [5.74, 6) is 2.35. The first-order valence-electron chi connectivity index (χ1n) is 9.63. The van der Waals surface area contributed by atoms with Crippen molar-refractivity contribution in [3.63, 3.8) is 0 Å². The normalized spacial score (nSPS) is 12.4. The van der Waals surface area contributed by atoms with E-state index in [-0.39, 0.29) is 6.04 Å². The fraction of sp³-hybridized carbons (Fsp3) is 0.450. The highest BCUT2D eigenvalue weighted by Crippen LogP contribution is 2.25. The zero-order chi connectivity index (χ0) is 20.1. The molecule has 150 valence electrons. The Morgan fingerprint density at radius 3 is 2.75 bits per heavy atom. The van der Waals surface area contributed by atoms with Gasteiger partial charge in [-0.1, -0.05) is 26.0 Å². The van der Waals surface area contributed by atoms with Gasteiger partial charge in [-0.25, -0.2) is 0 Å². The van der Waals surface area contributed by atoms with E-state index < -0.39 is 0 Å². The van der Waals surface area contributed by atoms with Crippen molar-refractivity contribution in [2.75, 3.05) is 30.8 Å². The van der Waals surface area contributed by atoms with E-state index in [1.807, 2.05) is 24.4 Å². The van der Waals surface area contributed by atoms with Gasteiger partial charge in [0.25, 0.3) is 0 Å². The number of nitrogens with two attached hydrogens (primary N) is 1. The van der Waals surface area contributed by atoms with Crippen molar-refractivity contribution >= 4 is 17.5 Å². The molecular formula is C20H29N7O. The molecule has 8 nitrogen and oxygen atoms in total. The Balaban J connectivity index is 1.95. The van der Waals surface area contributed by atoms with Gasteiger partial charge in [-0.15, -0.1) is 0 Å². The van der Waals surface area contributed by atoms with Crippen LogP contribution in [0.15, 0.2) is 30.5 Å². The van der Waals surface area contributed by atoms with Crippen LogP contribution >= 0.6 is 0 Å². The molecule has 0 amide bonds. The first-order valence-corrected chi connectivity index (χ1v) is 9.63. The number of hydrogen-bond donors (Lipinski definition) is 3. The molecule has 3 aromatic rings. The van der Waals surface area contributed by atoms with Crippen LogP contribution in [0.2, 0.25) is 0 Å². The van der Waals surface area contributed by atoms with Crippen molar-refractivity contribution in [2.45, 2.75) is 39.2 Å². The number of rotatable bonds is 9. The van der Waals surface area contributed by atoms with Gasteiger partial charge in [0.15, 0.2) is 5.65 Å². The maximum atomic E-state index is 5.60. The lowest BCUT2D eigenvalue weighted by atomic mass is 10.1. The summed E-state index contributed by atoms with van der Waals surface area (Å²) in [6, 6.07) is 7.99. The number of anilines is 2. The van der Waals surface area contributed by atoms with Gasteiger partial charge in [0.05, 0.1) is 19.3 Å². The van der Waals surface area contributed by atoms with E-state index in [9.17, 15) is 0 Å². The van der Waals surface area contributed by atoms with Gasteiger partial charge in [-0.05, 0) is 43.5 Å². The Morgan fingerprint density at radius 1 is 1.21 bits per heavy atom. The average Bonchev–Trinajstić information content (AvgIpc) is 3.13. The summed E-state index contributed by atoms with van der Waals surface area (Å²) in [5, 5.41) is 11.2. The molecule has 2 heterocycles. The van der Waals surface area contributed by atoms with Gasteiger partial charge in [0.1, 0.15) is 5.75 Å². The molecule has 0 spiro atoms. The second kappa shape index (κ2) is 8.88. The highest BCUT2D eigenvalue weighted by Gasteiger charge is 2.17. The van der Waals surface area contributed by atoms with Crippen molar-refractivity contribution in [1.29, 1.82) is 0 Å². The maximum Gasteiger partial charge on any atom is 0.229 e. The lowest BCUT2D eigenvalue weighted by Crippen LogP contribution is -2.16. The van der Waals surface area contributed by atoms with Gasteiger partial charge >= 0.3 is 0 Å². The van der Waals surface area contributed by atoms with E-state index in [0.29, 0.717) is 24.4 Å². The summed E-state index contributed by atoms with van der Waals surface area (Å²) in [7, 11) is 1.67. The first kappa shape index (κ1) is 19.9. The van der Waals surface area contributed by atoms with Crippen molar-refractivity contribution in [3.05, 3.63) is 41.6 Å². The van der Waals surface area contributed by atoms with Crippen LogP contribution in [0.4, 0.5) is 11.9 Å². The molecule has 8 heteroatoms. The Hall–Kier alpha value is -2.87. The Kier molecular flexibility index (Phi) is 6.30. The number of ether oxygens (including phenoxy) is 1. The molecule has 2 aromatic heterocycles. The molecule has 0 fully saturated rings. The first-order chi connectivity index (χ1) is 13.5. The molecule has 0 unspecified atom stereocenters.